The number of carbonyl (C=O) groups excluding carboxylic acids is 1. The minimum Gasteiger partial charge on any atom is -0.360 e. The van der Waals surface area contributed by atoms with Gasteiger partial charge in [0.05, 0.1) is 0 Å². The molecular weight excluding hydrogens is 320 g/mol. The van der Waals surface area contributed by atoms with Gasteiger partial charge in [-0.05, 0) is 37.1 Å². The van der Waals surface area contributed by atoms with Crippen LogP contribution in [0, 0.1) is 6.92 Å². The Hall–Kier alpha value is -3.29. The van der Waals surface area contributed by atoms with E-state index in [9.17, 15) is 4.79 Å². The fourth-order valence-electron chi connectivity index (χ4n) is 2.22. The van der Waals surface area contributed by atoms with Crippen molar-refractivity contribution in [2.75, 3.05) is 18.9 Å². The number of hydrogen-bond acceptors (Lipinski definition) is 7. The molecular formula is C17H18N6O2. The van der Waals surface area contributed by atoms with Crippen molar-refractivity contribution < 1.29 is 9.32 Å². The SMILES string of the molecule is Cc1cc(Nc2nccc(C(=O)N(C)CCc3ccncc3)n2)no1. The van der Waals surface area contributed by atoms with Gasteiger partial charge in [0.2, 0.25) is 5.95 Å². The zero-order valence-electron chi connectivity index (χ0n) is 14.0. The second-order valence-electron chi connectivity index (χ2n) is 5.55. The molecule has 0 fully saturated rings. The fourth-order valence-corrected chi connectivity index (χ4v) is 2.22. The third kappa shape index (κ3) is 4.37. The van der Waals surface area contributed by atoms with Gasteiger partial charge in [0.25, 0.3) is 5.91 Å². The van der Waals surface area contributed by atoms with Gasteiger partial charge in [-0.1, -0.05) is 5.16 Å². The average molecular weight is 338 g/mol. The van der Waals surface area contributed by atoms with Gasteiger partial charge < -0.3 is 14.7 Å². The van der Waals surface area contributed by atoms with Crippen LogP contribution in [0.4, 0.5) is 11.8 Å². The van der Waals surface area contributed by atoms with Crippen molar-refractivity contribution in [1.29, 1.82) is 0 Å². The van der Waals surface area contributed by atoms with Crippen molar-refractivity contribution in [3.63, 3.8) is 0 Å². The lowest BCUT2D eigenvalue weighted by molar-refractivity contribution is 0.0791. The summed E-state index contributed by atoms with van der Waals surface area (Å²) in [6.45, 7) is 2.37. The van der Waals surface area contributed by atoms with Crippen LogP contribution >= 0.6 is 0 Å². The van der Waals surface area contributed by atoms with E-state index in [1.165, 1.54) is 6.20 Å². The first-order chi connectivity index (χ1) is 12.1. The van der Waals surface area contributed by atoms with Crippen LogP contribution in [0.25, 0.3) is 0 Å². The molecule has 3 aromatic heterocycles. The third-order valence-electron chi connectivity index (χ3n) is 3.57. The molecule has 0 radical (unpaired) electrons. The van der Waals surface area contributed by atoms with E-state index in [4.69, 9.17) is 4.52 Å². The zero-order chi connectivity index (χ0) is 17.6. The first-order valence-electron chi connectivity index (χ1n) is 7.79. The van der Waals surface area contributed by atoms with E-state index in [2.05, 4.69) is 25.4 Å². The van der Waals surface area contributed by atoms with Crippen LogP contribution in [0.5, 0.6) is 0 Å². The highest BCUT2D eigenvalue weighted by molar-refractivity contribution is 5.92. The Morgan fingerprint density at radius 3 is 2.76 bits per heavy atom. The first-order valence-corrected chi connectivity index (χ1v) is 7.79. The number of aromatic nitrogens is 4. The lowest BCUT2D eigenvalue weighted by Gasteiger charge is -2.16. The molecule has 3 rings (SSSR count). The Morgan fingerprint density at radius 1 is 1.24 bits per heavy atom. The Kier molecular flexibility index (Phi) is 4.98. The summed E-state index contributed by atoms with van der Waals surface area (Å²) in [5, 5.41) is 6.73. The van der Waals surface area contributed by atoms with E-state index in [1.54, 1.807) is 43.4 Å². The largest absolute Gasteiger partial charge is 0.360 e. The fraction of sp³-hybridized carbons (Fsp3) is 0.235. The number of pyridine rings is 1. The number of rotatable bonds is 6. The second kappa shape index (κ2) is 7.52. The normalized spacial score (nSPS) is 10.5. The van der Waals surface area contributed by atoms with Crippen LogP contribution in [0.1, 0.15) is 21.8 Å². The molecule has 3 aromatic rings. The standard InChI is InChI=1S/C17H18N6O2/c1-12-11-15(22-25-12)21-17-19-9-5-14(20-17)16(24)23(2)10-6-13-3-7-18-8-4-13/h3-5,7-9,11H,6,10H2,1-2H3,(H,19,20,21,22). The maximum Gasteiger partial charge on any atom is 0.272 e. The molecule has 0 aromatic carbocycles. The number of aryl methyl sites for hydroxylation is 1. The molecule has 25 heavy (non-hydrogen) atoms. The topological polar surface area (TPSA) is 97.0 Å². The predicted molar refractivity (Wildman–Crippen MR) is 91.5 cm³/mol. The first kappa shape index (κ1) is 16.6. The van der Waals surface area contributed by atoms with E-state index < -0.39 is 0 Å². The van der Waals surface area contributed by atoms with Gasteiger partial charge in [-0.15, -0.1) is 0 Å². The third-order valence-corrected chi connectivity index (χ3v) is 3.57. The molecule has 0 aliphatic carbocycles. The number of likely N-dealkylation sites (N-methyl/N-ethyl adjacent to an activating group) is 1. The van der Waals surface area contributed by atoms with Crippen molar-refractivity contribution in [2.24, 2.45) is 0 Å². The molecule has 0 spiro atoms. The average Bonchev–Trinajstić information content (AvgIpc) is 3.05. The number of nitrogens with zero attached hydrogens (tertiary/aromatic N) is 5. The molecule has 8 heteroatoms. The van der Waals surface area contributed by atoms with E-state index in [0.29, 0.717) is 29.8 Å². The number of hydrogen-bond donors (Lipinski definition) is 1. The van der Waals surface area contributed by atoms with Crippen molar-refractivity contribution in [3.8, 4) is 0 Å². The maximum absolute atomic E-state index is 12.5. The number of carbonyl (C=O) groups is 1. The molecule has 1 amide bonds. The Balaban J connectivity index is 1.64. The molecule has 0 unspecified atom stereocenters. The van der Waals surface area contributed by atoms with E-state index in [-0.39, 0.29) is 5.91 Å². The molecule has 0 bridgehead atoms. The van der Waals surface area contributed by atoms with Crippen LogP contribution in [-0.2, 0) is 6.42 Å². The molecule has 0 aliphatic heterocycles. The second-order valence-corrected chi connectivity index (χ2v) is 5.55. The van der Waals surface area contributed by atoms with Crippen LogP contribution in [0.2, 0.25) is 0 Å². The summed E-state index contributed by atoms with van der Waals surface area (Å²) in [6, 6.07) is 7.18. The highest BCUT2D eigenvalue weighted by atomic mass is 16.5. The monoisotopic (exact) mass is 338 g/mol. The van der Waals surface area contributed by atoms with Crippen molar-refractivity contribution in [3.05, 3.63) is 59.9 Å². The van der Waals surface area contributed by atoms with E-state index >= 15 is 0 Å². The maximum atomic E-state index is 12.5. The predicted octanol–water partition coefficient (Wildman–Crippen LogP) is 2.23. The molecule has 0 atom stereocenters. The minimum absolute atomic E-state index is 0.171. The van der Waals surface area contributed by atoms with Crippen LogP contribution < -0.4 is 5.32 Å². The summed E-state index contributed by atoms with van der Waals surface area (Å²) in [5.41, 5.74) is 1.44. The number of amides is 1. The summed E-state index contributed by atoms with van der Waals surface area (Å²) in [4.78, 5) is 26.5. The van der Waals surface area contributed by atoms with Gasteiger partial charge in [0.15, 0.2) is 5.82 Å². The number of nitrogens with one attached hydrogen (secondary N) is 1. The van der Waals surface area contributed by atoms with Gasteiger partial charge in [-0.25, -0.2) is 9.97 Å². The highest BCUT2D eigenvalue weighted by Gasteiger charge is 2.14. The molecule has 0 saturated heterocycles. The zero-order valence-corrected chi connectivity index (χ0v) is 14.0. The molecule has 128 valence electrons. The highest BCUT2D eigenvalue weighted by Crippen LogP contribution is 2.13. The summed E-state index contributed by atoms with van der Waals surface area (Å²) in [6.07, 6.45) is 5.77. The quantitative estimate of drug-likeness (QED) is 0.736. The van der Waals surface area contributed by atoms with Crippen molar-refractivity contribution in [1.82, 2.24) is 25.0 Å². The molecule has 0 aliphatic rings. The minimum atomic E-state index is -0.171. The lowest BCUT2D eigenvalue weighted by atomic mass is 10.2. The molecule has 0 saturated carbocycles. The van der Waals surface area contributed by atoms with Crippen molar-refractivity contribution >= 4 is 17.7 Å². The van der Waals surface area contributed by atoms with Gasteiger partial charge in [-0.3, -0.25) is 9.78 Å². The van der Waals surface area contributed by atoms with Crippen LogP contribution in [-0.4, -0.2) is 44.5 Å². The van der Waals surface area contributed by atoms with Crippen LogP contribution in [0.3, 0.4) is 0 Å². The Bertz CT molecular complexity index is 849. The van der Waals surface area contributed by atoms with Gasteiger partial charge in [-0.2, -0.15) is 0 Å². The smallest absolute Gasteiger partial charge is 0.272 e. The van der Waals surface area contributed by atoms with E-state index in [0.717, 1.165) is 12.0 Å². The van der Waals surface area contributed by atoms with Gasteiger partial charge >= 0.3 is 0 Å². The van der Waals surface area contributed by atoms with E-state index in [1.807, 2.05) is 12.1 Å². The summed E-state index contributed by atoms with van der Waals surface area (Å²) in [7, 11) is 1.75. The summed E-state index contributed by atoms with van der Waals surface area (Å²) in [5.74, 6) is 1.29. The molecule has 8 nitrogen and oxygen atoms in total. The van der Waals surface area contributed by atoms with Gasteiger partial charge in [0.1, 0.15) is 11.5 Å². The molecule has 3 heterocycles. The Morgan fingerprint density at radius 2 is 2.04 bits per heavy atom. The number of anilines is 2. The molecule has 1 N–H and O–H groups in total. The van der Waals surface area contributed by atoms with Crippen molar-refractivity contribution in [2.45, 2.75) is 13.3 Å². The lowest BCUT2D eigenvalue weighted by Crippen LogP contribution is -2.29. The van der Waals surface area contributed by atoms with Crippen LogP contribution in [0.15, 0.2) is 47.4 Å². The summed E-state index contributed by atoms with van der Waals surface area (Å²) < 4.78 is 4.98. The van der Waals surface area contributed by atoms with Gasteiger partial charge in [0, 0.05) is 38.2 Å². The Labute approximate surface area is 144 Å². The summed E-state index contributed by atoms with van der Waals surface area (Å²) >= 11 is 0.